The van der Waals surface area contributed by atoms with Crippen LogP contribution in [0.2, 0.25) is 0 Å². The summed E-state index contributed by atoms with van der Waals surface area (Å²) in [7, 11) is 0. The smallest absolute Gasteiger partial charge is 0.131 e. The summed E-state index contributed by atoms with van der Waals surface area (Å²) in [6.07, 6.45) is 1.63. The van der Waals surface area contributed by atoms with Crippen molar-refractivity contribution in [3.63, 3.8) is 0 Å². The minimum atomic E-state index is 0.0263. The van der Waals surface area contributed by atoms with Gasteiger partial charge in [-0.1, -0.05) is 0 Å². The van der Waals surface area contributed by atoms with Gasteiger partial charge < -0.3 is 14.9 Å². The zero-order valence-corrected chi connectivity index (χ0v) is 8.68. The summed E-state index contributed by atoms with van der Waals surface area (Å²) in [4.78, 5) is 4.00. The van der Waals surface area contributed by atoms with E-state index in [1.165, 1.54) is 0 Å². The van der Waals surface area contributed by atoms with Crippen molar-refractivity contribution in [3.8, 4) is 11.5 Å². The van der Waals surface area contributed by atoms with E-state index in [4.69, 9.17) is 9.84 Å². The molecule has 0 aliphatic carbocycles. The van der Waals surface area contributed by atoms with Gasteiger partial charge in [0.2, 0.25) is 0 Å². The van der Waals surface area contributed by atoms with Gasteiger partial charge >= 0.3 is 0 Å². The van der Waals surface area contributed by atoms with Gasteiger partial charge in [-0.15, -0.1) is 0 Å². The number of phenols is 1. The van der Waals surface area contributed by atoms with E-state index >= 15 is 0 Å². The van der Waals surface area contributed by atoms with Crippen molar-refractivity contribution in [2.45, 2.75) is 6.92 Å². The molecule has 0 amide bonds. The van der Waals surface area contributed by atoms with E-state index in [1.54, 1.807) is 24.4 Å². The minimum Gasteiger partial charge on any atom is -0.508 e. The highest BCUT2D eigenvalue weighted by molar-refractivity contribution is 5.83. The van der Waals surface area contributed by atoms with Crippen LogP contribution < -0.4 is 4.74 Å². The van der Waals surface area contributed by atoms with Crippen LogP contribution in [0.5, 0.6) is 11.5 Å². The lowest BCUT2D eigenvalue weighted by Gasteiger charge is -2.06. The minimum absolute atomic E-state index is 0.0263. The largest absolute Gasteiger partial charge is 0.508 e. The van der Waals surface area contributed by atoms with Gasteiger partial charge in [0.25, 0.3) is 0 Å². The Bertz CT molecular complexity index is 337. The van der Waals surface area contributed by atoms with Gasteiger partial charge in [0.1, 0.15) is 11.5 Å². The van der Waals surface area contributed by atoms with E-state index in [9.17, 15) is 5.11 Å². The lowest BCUT2D eigenvalue weighted by atomic mass is 10.2. The summed E-state index contributed by atoms with van der Waals surface area (Å²) < 4.78 is 5.33. The summed E-state index contributed by atoms with van der Waals surface area (Å²) in [6, 6.07) is 4.84. The Morgan fingerprint density at radius 3 is 2.93 bits per heavy atom. The van der Waals surface area contributed by atoms with Crippen LogP contribution in [0.3, 0.4) is 0 Å². The Kier molecular flexibility index (Phi) is 4.63. The maximum absolute atomic E-state index is 9.27. The average Bonchev–Trinajstić information content (AvgIpc) is 2.22. The Labute approximate surface area is 88.9 Å². The summed E-state index contributed by atoms with van der Waals surface area (Å²) in [5.41, 5.74) is 0.795. The van der Waals surface area contributed by atoms with E-state index in [2.05, 4.69) is 4.99 Å². The van der Waals surface area contributed by atoms with Crippen LogP contribution in [0.1, 0.15) is 12.5 Å². The van der Waals surface area contributed by atoms with Crippen LogP contribution in [0.4, 0.5) is 0 Å². The fourth-order valence-electron chi connectivity index (χ4n) is 1.13. The molecule has 0 aliphatic heterocycles. The van der Waals surface area contributed by atoms with Crippen LogP contribution in [0, 0.1) is 0 Å². The topological polar surface area (TPSA) is 62.0 Å². The number of aliphatic imine (C=N–C) groups is 1. The normalized spacial score (nSPS) is 10.8. The molecule has 0 aliphatic rings. The van der Waals surface area contributed by atoms with Crippen molar-refractivity contribution in [3.05, 3.63) is 23.8 Å². The van der Waals surface area contributed by atoms with Crippen LogP contribution in [-0.4, -0.2) is 36.2 Å². The van der Waals surface area contributed by atoms with E-state index < -0.39 is 0 Å². The molecule has 0 heterocycles. The van der Waals surface area contributed by atoms with Gasteiger partial charge in [-0.05, 0) is 19.1 Å². The zero-order valence-electron chi connectivity index (χ0n) is 8.68. The fraction of sp³-hybridized carbons (Fsp3) is 0.364. The zero-order chi connectivity index (χ0) is 11.1. The highest BCUT2D eigenvalue weighted by Crippen LogP contribution is 2.22. The average molecular weight is 209 g/mol. The van der Waals surface area contributed by atoms with Crippen molar-refractivity contribution < 1.29 is 14.9 Å². The summed E-state index contributed by atoms with van der Waals surface area (Å²) in [6.45, 7) is 2.80. The first-order chi connectivity index (χ1) is 7.27. The van der Waals surface area contributed by atoms with Gasteiger partial charge in [0.05, 0.1) is 19.8 Å². The standard InChI is InChI=1S/C11H15NO3/c1-2-15-11-7-10(14)4-3-9(11)8-12-5-6-13/h3-4,7-8,13-14H,2,5-6H2,1H3/b12-8+. The predicted molar refractivity (Wildman–Crippen MR) is 58.8 cm³/mol. The number of benzene rings is 1. The highest BCUT2D eigenvalue weighted by atomic mass is 16.5. The molecule has 0 spiro atoms. The van der Waals surface area contributed by atoms with Crippen molar-refractivity contribution in [1.29, 1.82) is 0 Å². The molecule has 1 rings (SSSR count). The van der Waals surface area contributed by atoms with Crippen LogP contribution in [-0.2, 0) is 0 Å². The SMILES string of the molecule is CCOc1cc(O)ccc1/C=N/CCO. The maximum Gasteiger partial charge on any atom is 0.131 e. The van der Waals surface area contributed by atoms with Gasteiger partial charge in [-0.25, -0.2) is 0 Å². The molecule has 0 fully saturated rings. The first-order valence-electron chi connectivity index (χ1n) is 4.84. The molecule has 0 aromatic heterocycles. The Morgan fingerprint density at radius 1 is 1.47 bits per heavy atom. The quantitative estimate of drug-likeness (QED) is 0.716. The van der Waals surface area contributed by atoms with E-state index in [-0.39, 0.29) is 12.4 Å². The number of aromatic hydroxyl groups is 1. The van der Waals surface area contributed by atoms with Gasteiger partial charge in [0.15, 0.2) is 0 Å². The Balaban J connectivity index is 2.85. The van der Waals surface area contributed by atoms with E-state index in [0.29, 0.717) is 18.9 Å². The molecule has 1 aromatic carbocycles. The summed E-state index contributed by atoms with van der Waals surface area (Å²) >= 11 is 0. The second-order valence-electron chi connectivity index (χ2n) is 2.91. The molecule has 0 atom stereocenters. The number of hydrogen-bond donors (Lipinski definition) is 2. The molecule has 0 saturated heterocycles. The molecule has 4 heteroatoms. The maximum atomic E-state index is 9.27. The Morgan fingerprint density at radius 2 is 2.27 bits per heavy atom. The third-order valence-corrected chi connectivity index (χ3v) is 1.76. The third-order valence-electron chi connectivity index (χ3n) is 1.76. The first kappa shape index (κ1) is 11.5. The summed E-state index contributed by atoms with van der Waals surface area (Å²) in [5.74, 6) is 0.761. The van der Waals surface area contributed by atoms with Crippen molar-refractivity contribution in [1.82, 2.24) is 0 Å². The second-order valence-corrected chi connectivity index (χ2v) is 2.91. The molecular formula is C11H15NO3. The first-order valence-corrected chi connectivity index (χ1v) is 4.84. The number of rotatable bonds is 5. The molecule has 0 unspecified atom stereocenters. The second kappa shape index (κ2) is 6.03. The van der Waals surface area contributed by atoms with Crippen LogP contribution >= 0.6 is 0 Å². The predicted octanol–water partition coefficient (Wildman–Crippen LogP) is 1.20. The van der Waals surface area contributed by atoms with E-state index in [0.717, 1.165) is 5.56 Å². The molecule has 0 radical (unpaired) electrons. The van der Waals surface area contributed by atoms with Gasteiger partial charge in [-0.3, -0.25) is 4.99 Å². The lowest BCUT2D eigenvalue weighted by molar-refractivity contribution is 0.307. The molecule has 0 bridgehead atoms. The highest BCUT2D eigenvalue weighted by Gasteiger charge is 2.01. The van der Waals surface area contributed by atoms with E-state index in [1.807, 2.05) is 6.92 Å². The number of aliphatic hydroxyl groups excluding tert-OH is 1. The molecule has 2 N–H and O–H groups in total. The van der Waals surface area contributed by atoms with Crippen LogP contribution in [0.25, 0.3) is 0 Å². The van der Waals surface area contributed by atoms with Gasteiger partial charge in [-0.2, -0.15) is 0 Å². The van der Waals surface area contributed by atoms with Crippen LogP contribution in [0.15, 0.2) is 23.2 Å². The molecule has 1 aromatic rings. The van der Waals surface area contributed by atoms with Crippen molar-refractivity contribution >= 4 is 6.21 Å². The van der Waals surface area contributed by atoms with Crippen molar-refractivity contribution in [2.75, 3.05) is 19.8 Å². The summed E-state index contributed by atoms with van der Waals surface area (Å²) in [5, 5.41) is 17.8. The monoisotopic (exact) mass is 209 g/mol. The van der Waals surface area contributed by atoms with Crippen molar-refractivity contribution in [2.24, 2.45) is 4.99 Å². The van der Waals surface area contributed by atoms with Gasteiger partial charge in [0, 0.05) is 17.8 Å². The number of nitrogens with zero attached hydrogens (tertiary/aromatic N) is 1. The molecule has 0 saturated carbocycles. The number of ether oxygens (including phenoxy) is 1. The molecule has 4 nitrogen and oxygen atoms in total. The lowest BCUT2D eigenvalue weighted by Crippen LogP contribution is -1.96. The number of hydrogen-bond acceptors (Lipinski definition) is 4. The molecular weight excluding hydrogens is 194 g/mol. The molecule has 82 valence electrons. The third kappa shape index (κ3) is 3.59. The molecule has 15 heavy (non-hydrogen) atoms. The fourth-order valence-corrected chi connectivity index (χ4v) is 1.13. The number of aliphatic hydroxyl groups is 1. The number of phenolic OH excluding ortho intramolecular Hbond substituents is 1. The Hall–Kier alpha value is -1.55.